The standard InChI is InChI=1S/C26H24FN5O3/c1-14(33)22-23(16-2-4-17(5-3-16)26(34)35)31-25-20(13-30-32(25)24(22)28)18-8-11-21(29-12-18)15-6-9-19(27)10-7-15/h6-13,16-17H,2-5,28H2,1H3,(H,34,35). The van der Waals surface area contributed by atoms with Crippen molar-refractivity contribution in [1.82, 2.24) is 19.6 Å². The first-order chi connectivity index (χ1) is 16.8. The summed E-state index contributed by atoms with van der Waals surface area (Å²) in [6.45, 7) is 1.45. The zero-order valence-corrected chi connectivity index (χ0v) is 19.1. The molecule has 3 N–H and O–H groups in total. The summed E-state index contributed by atoms with van der Waals surface area (Å²) in [5, 5.41) is 13.7. The smallest absolute Gasteiger partial charge is 0.306 e. The van der Waals surface area contributed by atoms with Crippen molar-refractivity contribution >= 4 is 23.2 Å². The van der Waals surface area contributed by atoms with Crippen molar-refractivity contribution in [2.45, 2.75) is 38.5 Å². The number of rotatable bonds is 5. The Morgan fingerprint density at radius 2 is 1.71 bits per heavy atom. The molecule has 0 aliphatic heterocycles. The number of benzene rings is 1. The van der Waals surface area contributed by atoms with E-state index in [-0.39, 0.29) is 29.3 Å². The first-order valence-electron chi connectivity index (χ1n) is 11.5. The number of nitrogens with zero attached hydrogens (tertiary/aromatic N) is 4. The monoisotopic (exact) mass is 473 g/mol. The minimum absolute atomic E-state index is 0.0569. The zero-order valence-electron chi connectivity index (χ0n) is 19.1. The van der Waals surface area contributed by atoms with Crippen molar-refractivity contribution < 1.29 is 19.1 Å². The lowest BCUT2D eigenvalue weighted by molar-refractivity contribution is -0.142. The number of carboxylic acids is 1. The lowest BCUT2D eigenvalue weighted by atomic mass is 9.79. The number of Topliss-reactive ketones (excluding diaryl/α,β-unsaturated/α-hetero) is 1. The molecule has 0 spiro atoms. The Morgan fingerprint density at radius 3 is 2.31 bits per heavy atom. The molecule has 0 radical (unpaired) electrons. The van der Waals surface area contributed by atoms with Gasteiger partial charge in [0.25, 0.3) is 0 Å². The fourth-order valence-electron chi connectivity index (χ4n) is 4.85. The number of pyridine rings is 1. The first kappa shape index (κ1) is 22.6. The first-order valence-corrected chi connectivity index (χ1v) is 11.5. The highest BCUT2D eigenvalue weighted by molar-refractivity contribution is 6.00. The maximum absolute atomic E-state index is 13.2. The number of hydrogen-bond donors (Lipinski definition) is 2. The maximum atomic E-state index is 13.2. The van der Waals surface area contributed by atoms with Crippen LogP contribution in [0.4, 0.5) is 10.2 Å². The van der Waals surface area contributed by atoms with E-state index in [1.54, 1.807) is 24.5 Å². The average Bonchev–Trinajstić information content (AvgIpc) is 3.29. The summed E-state index contributed by atoms with van der Waals surface area (Å²) in [5.41, 5.74) is 10.8. The van der Waals surface area contributed by atoms with E-state index >= 15 is 0 Å². The molecule has 178 valence electrons. The van der Waals surface area contributed by atoms with E-state index < -0.39 is 5.97 Å². The third-order valence-corrected chi connectivity index (χ3v) is 6.74. The van der Waals surface area contributed by atoms with Crippen LogP contribution in [0.3, 0.4) is 0 Å². The van der Waals surface area contributed by atoms with E-state index in [0.717, 1.165) is 11.1 Å². The predicted octanol–water partition coefficient (Wildman–Crippen LogP) is 4.74. The Bertz CT molecular complexity index is 1420. The molecule has 8 nitrogen and oxygen atoms in total. The second kappa shape index (κ2) is 8.90. The van der Waals surface area contributed by atoms with E-state index in [9.17, 15) is 19.1 Å². The van der Waals surface area contributed by atoms with Gasteiger partial charge in [0.1, 0.15) is 11.6 Å². The fraction of sp³-hybridized carbons (Fsp3) is 0.269. The van der Waals surface area contributed by atoms with Crippen LogP contribution in [-0.2, 0) is 4.79 Å². The number of ketones is 1. The van der Waals surface area contributed by atoms with Gasteiger partial charge in [0.2, 0.25) is 0 Å². The average molecular weight is 474 g/mol. The van der Waals surface area contributed by atoms with Gasteiger partial charge in [0, 0.05) is 28.8 Å². The number of nitrogens with two attached hydrogens (primary N) is 1. The normalized spacial score (nSPS) is 18.0. The molecule has 3 heterocycles. The minimum atomic E-state index is -0.784. The zero-order chi connectivity index (χ0) is 24.7. The number of halogens is 1. The van der Waals surface area contributed by atoms with Gasteiger partial charge in [0.05, 0.1) is 29.1 Å². The van der Waals surface area contributed by atoms with Crippen LogP contribution in [0.2, 0.25) is 0 Å². The Balaban J connectivity index is 1.55. The number of anilines is 1. The SMILES string of the molecule is CC(=O)c1c(C2CCC(C(=O)O)CC2)nc2c(-c3ccc(-c4ccc(F)cc4)nc3)cnn2c1N. The molecule has 0 atom stereocenters. The summed E-state index contributed by atoms with van der Waals surface area (Å²) >= 11 is 0. The van der Waals surface area contributed by atoms with Crippen LogP contribution in [0.15, 0.2) is 48.8 Å². The van der Waals surface area contributed by atoms with Crippen molar-refractivity contribution in [1.29, 1.82) is 0 Å². The molecule has 0 bridgehead atoms. The summed E-state index contributed by atoms with van der Waals surface area (Å²) in [6.07, 6.45) is 5.65. The van der Waals surface area contributed by atoms with Gasteiger partial charge < -0.3 is 10.8 Å². The Kier molecular flexibility index (Phi) is 5.76. The maximum Gasteiger partial charge on any atom is 0.306 e. The Morgan fingerprint density at radius 1 is 1.03 bits per heavy atom. The van der Waals surface area contributed by atoms with Gasteiger partial charge in [-0.25, -0.2) is 9.37 Å². The van der Waals surface area contributed by atoms with E-state index in [1.807, 2.05) is 12.1 Å². The number of fused-ring (bicyclic) bond motifs is 1. The molecule has 1 aromatic carbocycles. The molecular weight excluding hydrogens is 449 g/mol. The third-order valence-electron chi connectivity index (χ3n) is 6.74. The lowest BCUT2D eigenvalue weighted by Crippen LogP contribution is -2.23. The van der Waals surface area contributed by atoms with Crippen LogP contribution in [0.25, 0.3) is 28.0 Å². The molecule has 0 unspecified atom stereocenters. The second-order valence-electron chi connectivity index (χ2n) is 8.93. The number of aliphatic carboxylic acids is 1. The molecule has 4 aromatic rings. The van der Waals surface area contributed by atoms with Crippen LogP contribution in [0.5, 0.6) is 0 Å². The van der Waals surface area contributed by atoms with Gasteiger partial charge in [0.15, 0.2) is 11.4 Å². The molecule has 1 aliphatic rings. The highest BCUT2D eigenvalue weighted by Gasteiger charge is 2.31. The number of carbonyl (C=O) groups excluding carboxylic acids is 1. The number of carboxylic acid groups (broad SMARTS) is 1. The van der Waals surface area contributed by atoms with Crippen molar-refractivity contribution in [2.75, 3.05) is 5.73 Å². The number of aromatic nitrogens is 4. The van der Waals surface area contributed by atoms with Gasteiger partial charge in [-0.15, -0.1) is 0 Å². The Hall–Kier alpha value is -4.14. The molecule has 0 amide bonds. The molecule has 9 heteroatoms. The molecule has 35 heavy (non-hydrogen) atoms. The van der Waals surface area contributed by atoms with Gasteiger partial charge in [-0.2, -0.15) is 9.61 Å². The highest BCUT2D eigenvalue weighted by atomic mass is 19.1. The van der Waals surface area contributed by atoms with Crippen molar-refractivity contribution in [3.8, 4) is 22.4 Å². The summed E-state index contributed by atoms with van der Waals surface area (Å²) in [6, 6.07) is 9.85. The third kappa shape index (κ3) is 4.14. The van der Waals surface area contributed by atoms with Gasteiger partial charge in [-0.1, -0.05) is 6.07 Å². The van der Waals surface area contributed by atoms with Gasteiger partial charge in [-0.05, 0) is 62.9 Å². The van der Waals surface area contributed by atoms with Crippen LogP contribution in [-0.4, -0.2) is 36.4 Å². The molecule has 5 rings (SSSR count). The molecule has 3 aromatic heterocycles. The largest absolute Gasteiger partial charge is 0.481 e. The number of carbonyl (C=O) groups is 2. The van der Waals surface area contributed by atoms with Crippen molar-refractivity contribution in [2.24, 2.45) is 5.92 Å². The van der Waals surface area contributed by atoms with Crippen LogP contribution in [0, 0.1) is 11.7 Å². The molecule has 1 fully saturated rings. The summed E-state index contributed by atoms with van der Waals surface area (Å²) in [7, 11) is 0. The quantitative estimate of drug-likeness (QED) is 0.401. The summed E-state index contributed by atoms with van der Waals surface area (Å²) < 4.78 is 14.7. The Labute approximate surface area is 200 Å². The predicted molar refractivity (Wildman–Crippen MR) is 128 cm³/mol. The van der Waals surface area contributed by atoms with E-state index in [2.05, 4.69) is 10.1 Å². The van der Waals surface area contributed by atoms with E-state index in [0.29, 0.717) is 53.8 Å². The number of nitrogen functional groups attached to an aromatic ring is 1. The van der Waals surface area contributed by atoms with E-state index in [4.69, 9.17) is 10.7 Å². The van der Waals surface area contributed by atoms with Crippen LogP contribution >= 0.6 is 0 Å². The summed E-state index contributed by atoms with van der Waals surface area (Å²) in [5.74, 6) is -1.50. The molecule has 1 aliphatic carbocycles. The molecule has 0 saturated heterocycles. The second-order valence-corrected chi connectivity index (χ2v) is 8.93. The van der Waals surface area contributed by atoms with Crippen LogP contribution in [0.1, 0.15) is 54.6 Å². The molecule has 1 saturated carbocycles. The highest BCUT2D eigenvalue weighted by Crippen LogP contribution is 2.39. The summed E-state index contributed by atoms with van der Waals surface area (Å²) in [4.78, 5) is 33.3. The number of hydrogen-bond acceptors (Lipinski definition) is 6. The van der Waals surface area contributed by atoms with Crippen molar-refractivity contribution in [3.05, 3.63) is 65.9 Å². The van der Waals surface area contributed by atoms with Gasteiger partial charge in [-0.3, -0.25) is 14.6 Å². The van der Waals surface area contributed by atoms with Crippen molar-refractivity contribution in [3.63, 3.8) is 0 Å². The van der Waals surface area contributed by atoms with E-state index in [1.165, 1.54) is 23.6 Å². The molecular formula is C26H24FN5O3. The topological polar surface area (TPSA) is 123 Å². The fourth-order valence-corrected chi connectivity index (χ4v) is 4.85. The minimum Gasteiger partial charge on any atom is -0.481 e. The van der Waals surface area contributed by atoms with Crippen LogP contribution < -0.4 is 5.73 Å². The van der Waals surface area contributed by atoms with Gasteiger partial charge >= 0.3 is 5.97 Å². The lowest BCUT2D eigenvalue weighted by Gasteiger charge is -2.27.